The Kier molecular flexibility index (Phi) is 5.03. The Morgan fingerprint density at radius 3 is 2.55 bits per heavy atom. The molecular formula is C16H22N2O3S. The van der Waals surface area contributed by atoms with Gasteiger partial charge in [-0.05, 0) is 43.9 Å². The van der Waals surface area contributed by atoms with E-state index in [9.17, 15) is 8.42 Å². The van der Waals surface area contributed by atoms with E-state index in [1.54, 1.807) is 14.0 Å². The van der Waals surface area contributed by atoms with E-state index < -0.39 is 10.0 Å². The Morgan fingerprint density at radius 1 is 1.18 bits per heavy atom. The summed E-state index contributed by atoms with van der Waals surface area (Å²) in [5.41, 5.74) is 3.58. The van der Waals surface area contributed by atoms with Crippen molar-refractivity contribution in [3.63, 3.8) is 0 Å². The summed E-state index contributed by atoms with van der Waals surface area (Å²) in [7, 11) is -1.91. The van der Waals surface area contributed by atoms with Gasteiger partial charge in [-0.1, -0.05) is 18.2 Å². The lowest BCUT2D eigenvalue weighted by Crippen LogP contribution is -2.24. The average molecular weight is 322 g/mol. The topological polar surface area (TPSA) is 67.8 Å². The summed E-state index contributed by atoms with van der Waals surface area (Å²) in [6.07, 6.45) is 0.758. The highest BCUT2D eigenvalue weighted by atomic mass is 32.2. The lowest BCUT2D eigenvalue weighted by molar-refractivity contribution is 0.197. The van der Waals surface area contributed by atoms with Crippen LogP contribution in [0.2, 0.25) is 0 Å². The van der Waals surface area contributed by atoms with Gasteiger partial charge in [0.2, 0.25) is 0 Å². The summed E-state index contributed by atoms with van der Waals surface area (Å²) in [5, 5.41) is 0. The summed E-state index contributed by atoms with van der Waals surface area (Å²) in [5.74, 6) is 0.435. The third-order valence-corrected chi connectivity index (χ3v) is 5.28. The number of nitrogens with zero attached hydrogens (tertiary/aromatic N) is 1. The van der Waals surface area contributed by atoms with E-state index in [0.29, 0.717) is 35.0 Å². The molecule has 0 amide bonds. The molecule has 120 valence electrons. The van der Waals surface area contributed by atoms with Gasteiger partial charge in [0.25, 0.3) is 10.0 Å². The molecule has 1 heterocycles. The van der Waals surface area contributed by atoms with Crippen LogP contribution in [-0.2, 0) is 14.8 Å². The third-order valence-electron chi connectivity index (χ3n) is 3.74. The van der Waals surface area contributed by atoms with E-state index in [-0.39, 0.29) is 0 Å². The van der Waals surface area contributed by atoms with Crippen LogP contribution in [0.4, 0.5) is 0 Å². The minimum Gasteiger partial charge on any atom is -0.385 e. The first-order valence-corrected chi connectivity index (χ1v) is 8.70. The van der Waals surface area contributed by atoms with Crippen LogP contribution in [-0.4, -0.2) is 34.5 Å². The number of hydrogen-bond donors (Lipinski definition) is 1. The summed E-state index contributed by atoms with van der Waals surface area (Å²) in [4.78, 5) is 4.66. The van der Waals surface area contributed by atoms with Gasteiger partial charge < -0.3 is 4.74 Å². The van der Waals surface area contributed by atoms with E-state index in [4.69, 9.17) is 4.74 Å². The molecule has 0 saturated heterocycles. The Morgan fingerprint density at radius 2 is 1.91 bits per heavy atom. The Bertz CT molecular complexity index is 734. The number of aliphatic imine (C=N–C) groups is 1. The van der Waals surface area contributed by atoms with Crippen LogP contribution in [0.3, 0.4) is 0 Å². The van der Waals surface area contributed by atoms with Crippen molar-refractivity contribution >= 4 is 20.8 Å². The van der Waals surface area contributed by atoms with Crippen LogP contribution in [0.1, 0.15) is 30.0 Å². The van der Waals surface area contributed by atoms with Crippen LogP contribution in [0.5, 0.6) is 0 Å². The smallest absolute Gasteiger partial charge is 0.264 e. The molecule has 22 heavy (non-hydrogen) atoms. The van der Waals surface area contributed by atoms with E-state index in [1.807, 2.05) is 32.0 Å². The molecular weight excluding hydrogens is 300 g/mol. The number of aryl methyl sites for hydroxylation is 2. The fraction of sp³-hybridized carbons (Fsp3) is 0.438. The highest BCUT2D eigenvalue weighted by molar-refractivity contribution is 8.00. The maximum Gasteiger partial charge on any atom is 0.264 e. The molecule has 0 radical (unpaired) electrons. The van der Waals surface area contributed by atoms with Gasteiger partial charge in [-0.25, -0.2) is 8.42 Å². The fourth-order valence-electron chi connectivity index (χ4n) is 2.37. The lowest BCUT2D eigenvalue weighted by Gasteiger charge is -2.06. The second-order valence-corrected chi connectivity index (χ2v) is 7.05. The molecule has 0 aliphatic carbocycles. The van der Waals surface area contributed by atoms with Crippen LogP contribution >= 0.6 is 0 Å². The number of methoxy groups -OCH3 is 1. The predicted octanol–water partition coefficient (Wildman–Crippen LogP) is 2.40. The minimum atomic E-state index is -3.54. The zero-order valence-electron chi connectivity index (χ0n) is 13.4. The Balaban J connectivity index is 2.38. The second-order valence-electron chi connectivity index (χ2n) is 5.44. The van der Waals surface area contributed by atoms with Crippen molar-refractivity contribution in [1.29, 1.82) is 0 Å². The van der Waals surface area contributed by atoms with Crippen molar-refractivity contribution in [3.8, 4) is 0 Å². The van der Waals surface area contributed by atoms with Crippen molar-refractivity contribution in [1.82, 2.24) is 4.72 Å². The SMILES string of the molecule is COCCCN=C1NS(=O)(=O)C(c2ccc(C)c(C)c2)=C1C. The average Bonchev–Trinajstić information content (AvgIpc) is 2.68. The standard InChI is InChI=1S/C16H22N2O3S/c1-11-6-7-14(10-12(11)2)15-13(3)16(18-22(15,19)20)17-8-5-9-21-4/h6-7,10H,5,8-9H2,1-4H3,(H,17,18). The quantitative estimate of drug-likeness (QED) is 0.847. The number of sulfonamides is 1. The first-order chi connectivity index (χ1) is 10.4. The number of hydrogen-bond acceptors (Lipinski definition) is 4. The highest BCUT2D eigenvalue weighted by Crippen LogP contribution is 2.30. The first kappa shape index (κ1) is 16.7. The van der Waals surface area contributed by atoms with Gasteiger partial charge in [-0.15, -0.1) is 0 Å². The van der Waals surface area contributed by atoms with Crippen molar-refractivity contribution in [2.75, 3.05) is 20.3 Å². The van der Waals surface area contributed by atoms with Gasteiger partial charge in [0.05, 0.1) is 0 Å². The molecule has 0 aromatic heterocycles. The van der Waals surface area contributed by atoms with E-state index in [1.165, 1.54) is 0 Å². The van der Waals surface area contributed by atoms with Gasteiger partial charge in [0.1, 0.15) is 10.7 Å². The lowest BCUT2D eigenvalue weighted by atomic mass is 10.0. The van der Waals surface area contributed by atoms with Gasteiger partial charge in [0, 0.05) is 25.8 Å². The summed E-state index contributed by atoms with van der Waals surface area (Å²) >= 11 is 0. The van der Waals surface area contributed by atoms with Crippen molar-refractivity contribution in [2.24, 2.45) is 4.99 Å². The highest BCUT2D eigenvalue weighted by Gasteiger charge is 2.32. The molecule has 1 aliphatic heterocycles. The van der Waals surface area contributed by atoms with E-state index >= 15 is 0 Å². The van der Waals surface area contributed by atoms with Crippen LogP contribution < -0.4 is 4.72 Å². The maximum absolute atomic E-state index is 12.4. The summed E-state index contributed by atoms with van der Waals surface area (Å²) in [6, 6.07) is 5.68. The predicted molar refractivity (Wildman–Crippen MR) is 89.4 cm³/mol. The number of rotatable bonds is 5. The summed E-state index contributed by atoms with van der Waals surface area (Å²) < 4.78 is 32.3. The molecule has 1 aromatic rings. The maximum atomic E-state index is 12.4. The minimum absolute atomic E-state index is 0.320. The number of ether oxygens (including phenoxy) is 1. The van der Waals surface area contributed by atoms with E-state index in [2.05, 4.69) is 9.71 Å². The molecule has 0 atom stereocenters. The van der Waals surface area contributed by atoms with Crippen molar-refractivity contribution < 1.29 is 13.2 Å². The molecule has 2 rings (SSSR count). The van der Waals surface area contributed by atoms with Crippen LogP contribution in [0.25, 0.3) is 4.91 Å². The molecule has 6 heteroatoms. The molecule has 0 unspecified atom stereocenters. The Labute approximate surface area is 132 Å². The third kappa shape index (κ3) is 3.39. The fourth-order valence-corrected chi connectivity index (χ4v) is 3.88. The van der Waals surface area contributed by atoms with Crippen LogP contribution in [0.15, 0.2) is 28.8 Å². The van der Waals surface area contributed by atoms with Gasteiger partial charge in [0.15, 0.2) is 0 Å². The molecule has 0 spiro atoms. The molecule has 1 N–H and O–H groups in total. The van der Waals surface area contributed by atoms with Crippen molar-refractivity contribution in [2.45, 2.75) is 27.2 Å². The molecule has 0 saturated carbocycles. The zero-order chi connectivity index (χ0) is 16.3. The number of benzene rings is 1. The first-order valence-electron chi connectivity index (χ1n) is 7.22. The molecule has 5 nitrogen and oxygen atoms in total. The van der Waals surface area contributed by atoms with Crippen LogP contribution in [0, 0.1) is 13.8 Å². The van der Waals surface area contributed by atoms with E-state index in [0.717, 1.165) is 17.5 Å². The normalized spacial score (nSPS) is 18.8. The number of nitrogens with one attached hydrogen (secondary N) is 1. The second kappa shape index (κ2) is 6.62. The largest absolute Gasteiger partial charge is 0.385 e. The van der Waals surface area contributed by atoms with Gasteiger partial charge >= 0.3 is 0 Å². The summed E-state index contributed by atoms with van der Waals surface area (Å²) in [6.45, 7) is 6.91. The molecule has 0 fully saturated rings. The van der Waals surface area contributed by atoms with Crippen molar-refractivity contribution in [3.05, 3.63) is 40.5 Å². The molecule has 1 aliphatic rings. The molecule has 0 bridgehead atoms. The number of amidine groups is 1. The zero-order valence-corrected chi connectivity index (χ0v) is 14.3. The van der Waals surface area contributed by atoms with Gasteiger partial charge in [-0.2, -0.15) is 0 Å². The van der Waals surface area contributed by atoms with Gasteiger partial charge in [-0.3, -0.25) is 9.71 Å². The Hall–Kier alpha value is -1.66. The molecule has 1 aromatic carbocycles. The monoisotopic (exact) mass is 322 g/mol.